The molecule has 1 aromatic heterocycles. The molecule has 5 heteroatoms. The fraction of sp³-hybridized carbons (Fsp3) is 0.182. The molecule has 0 amide bonds. The summed E-state index contributed by atoms with van der Waals surface area (Å²) in [5, 5.41) is 4.08. The van der Waals surface area contributed by atoms with Crippen LogP contribution in [-0.2, 0) is 16.4 Å². The van der Waals surface area contributed by atoms with E-state index in [0.717, 1.165) is 5.56 Å². The highest BCUT2D eigenvalue weighted by molar-refractivity contribution is 7.90. The molecule has 0 unspecified atom stereocenters. The van der Waals surface area contributed by atoms with Crippen LogP contribution < -0.4 is 0 Å². The first-order valence-electron chi connectivity index (χ1n) is 4.82. The van der Waals surface area contributed by atoms with Gasteiger partial charge in [0, 0.05) is 18.6 Å². The molecule has 0 atom stereocenters. The van der Waals surface area contributed by atoms with E-state index in [1.165, 1.54) is 6.26 Å². The highest BCUT2D eigenvalue weighted by atomic mass is 32.2. The van der Waals surface area contributed by atoms with Crippen molar-refractivity contribution in [2.24, 2.45) is 0 Å². The van der Waals surface area contributed by atoms with Crippen LogP contribution in [0, 0.1) is 0 Å². The lowest BCUT2D eigenvalue weighted by atomic mass is 10.2. The van der Waals surface area contributed by atoms with E-state index < -0.39 is 9.84 Å². The molecule has 16 heavy (non-hydrogen) atoms. The summed E-state index contributed by atoms with van der Waals surface area (Å²) >= 11 is 0. The molecule has 0 spiro atoms. The molecule has 2 aromatic rings. The molecule has 0 aliphatic carbocycles. The van der Waals surface area contributed by atoms with E-state index in [1.807, 2.05) is 12.3 Å². The largest absolute Gasteiger partial charge is 0.268 e. The second-order valence-electron chi connectivity index (χ2n) is 3.62. The molecule has 0 fully saturated rings. The monoisotopic (exact) mass is 236 g/mol. The number of rotatable bonds is 3. The fourth-order valence-corrected chi connectivity index (χ4v) is 2.05. The van der Waals surface area contributed by atoms with Crippen LogP contribution in [0.25, 0.3) is 0 Å². The lowest BCUT2D eigenvalue weighted by Crippen LogP contribution is -2.01. The molecule has 0 aliphatic heterocycles. The number of hydrogen-bond acceptors (Lipinski definition) is 3. The van der Waals surface area contributed by atoms with Crippen molar-refractivity contribution in [3.63, 3.8) is 0 Å². The van der Waals surface area contributed by atoms with Crippen molar-refractivity contribution < 1.29 is 8.42 Å². The minimum absolute atomic E-state index is 0.344. The third-order valence-corrected chi connectivity index (χ3v) is 3.38. The van der Waals surface area contributed by atoms with Gasteiger partial charge in [-0.2, -0.15) is 5.10 Å². The Balaban J connectivity index is 2.20. The zero-order valence-electron chi connectivity index (χ0n) is 8.87. The Labute approximate surface area is 94.5 Å². The smallest absolute Gasteiger partial charge is 0.175 e. The molecule has 0 saturated heterocycles. The van der Waals surface area contributed by atoms with E-state index in [4.69, 9.17) is 0 Å². The van der Waals surface area contributed by atoms with Crippen molar-refractivity contribution in [1.29, 1.82) is 0 Å². The zero-order chi connectivity index (χ0) is 11.6. The summed E-state index contributed by atoms with van der Waals surface area (Å²) in [6, 6.07) is 8.70. The first-order chi connectivity index (χ1) is 7.55. The summed E-state index contributed by atoms with van der Waals surface area (Å²) in [6.07, 6.45) is 4.78. The van der Waals surface area contributed by atoms with Crippen LogP contribution in [0.4, 0.5) is 0 Å². The van der Waals surface area contributed by atoms with Crippen molar-refractivity contribution >= 4 is 9.84 Å². The first kappa shape index (κ1) is 10.9. The van der Waals surface area contributed by atoms with E-state index in [1.54, 1.807) is 35.1 Å². The van der Waals surface area contributed by atoms with Crippen molar-refractivity contribution in [3.05, 3.63) is 48.3 Å². The molecule has 0 bridgehead atoms. The maximum atomic E-state index is 11.2. The van der Waals surface area contributed by atoms with Crippen LogP contribution in [0.1, 0.15) is 5.56 Å². The minimum atomic E-state index is -3.10. The van der Waals surface area contributed by atoms with Crippen LogP contribution in [0.3, 0.4) is 0 Å². The second kappa shape index (κ2) is 4.09. The Morgan fingerprint density at radius 1 is 1.25 bits per heavy atom. The molecule has 0 N–H and O–H groups in total. The number of hydrogen-bond donors (Lipinski definition) is 0. The SMILES string of the molecule is CS(=O)(=O)c1ccc(Cn2cccn2)cc1. The Hall–Kier alpha value is -1.62. The summed E-state index contributed by atoms with van der Waals surface area (Å²) in [5.74, 6) is 0. The molecule has 4 nitrogen and oxygen atoms in total. The lowest BCUT2D eigenvalue weighted by Gasteiger charge is -2.03. The summed E-state index contributed by atoms with van der Waals surface area (Å²) in [6.45, 7) is 0.650. The van der Waals surface area contributed by atoms with Gasteiger partial charge < -0.3 is 0 Å². The zero-order valence-corrected chi connectivity index (χ0v) is 9.68. The van der Waals surface area contributed by atoms with Crippen molar-refractivity contribution in [1.82, 2.24) is 9.78 Å². The van der Waals surface area contributed by atoms with Gasteiger partial charge in [0.05, 0.1) is 11.4 Å². The van der Waals surface area contributed by atoms with E-state index in [2.05, 4.69) is 5.10 Å². The number of benzene rings is 1. The van der Waals surface area contributed by atoms with Gasteiger partial charge in [0.25, 0.3) is 0 Å². The molecular weight excluding hydrogens is 224 g/mol. The van der Waals surface area contributed by atoms with Crippen molar-refractivity contribution in [2.45, 2.75) is 11.4 Å². The van der Waals surface area contributed by atoms with Gasteiger partial charge in [0.15, 0.2) is 9.84 Å². The minimum Gasteiger partial charge on any atom is -0.268 e. The Morgan fingerprint density at radius 2 is 1.94 bits per heavy atom. The average molecular weight is 236 g/mol. The van der Waals surface area contributed by atoms with Crippen LogP contribution >= 0.6 is 0 Å². The highest BCUT2D eigenvalue weighted by Crippen LogP contribution is 2.10. The number of sulfone groups is 1. The van der Waals surface area contributed by atoms with E-state index in [9.17, 15) is 8.42 Å². The fourth-order valence-electron chi connectivity index (χ4n) is 1.42. The quantitative estimate of drug-likeness (QED) is 0.808. The van der Waals surface area contributed by atoms with Gasteiger partial charge in [-0.05, 0) is 23.8 Å². The number of nitrogens with zero attached hydrogens (tertiary/aromatic N) is 2. The summed E-state index contributed by atoms with van der Waals surface area (Å²) < 4.78 is 24.3. The van der Waals surface area contributed by atoms with Crippen molar-refractivity contribution in [3.8, 4) is 0 Å². The Kier molecular flexibility index (Phi) is 2.78. The van der Waals surface area contributed by atoms with Gasteiger partial charge in [0.2, 0.25) is 0 Å². The summed E-state index contributed by atoms with van der Waals surface area (Å²) in [5.41, 5.74) is 1.02. The Bertz CT molecular complexity index is 557. The molecule has 2 rings (SSSR count). The Morgan fingerprint density at radius 3 is 2.44 bits per heavy atom. The van der Waals surface area contributed by atoms with Gasteiger partial charge in [-0.25, -0.2) is 8.42 Å². The van der Waals surface area contributed by atoms with E-state index in [0.29, 0.717) is 11.4 Å². The second-order valence-corrected chi connectivity index (χ2v) is 5.64. The average Bonchev–Trinajstić information content (AvgIpc) is 2.70. The molecule has 1 heterocycles. The molecule has 0 saturated carbocycles. The maximum Gasteiger partial charge on any atom is 0.175 e. The van der Waals surface area contributed by atoms with Crippen molar-refractivity contribution in [2.75, 3.05) is 6.26 Å². The first-order valence-corrected chi connectivity index (χ1v) is 6.71. The van der Waals surface area contributed by atoms with Gasteiger partial charge in [-0.15, -0.1) is 0 Å². The van der Waals surface area contributed by atoms with Crippen LogP contribution in [0.15, 0.2) is 47.6 Å². The van der Waals surface area contributed by atoms with Crippen LogP contribution in [0.5, 0.6) is 0 Å². The molecular formula is C11H12N2O2S. The van der Waals surface area contributed by atoms with Gasteiger partial charge in [-0.3, -0.25) is 4.68 Å². The normalized spacial score (nSPS) is 11.6. The van der Waals surface area contributed by atoms with Gasteiger partial charge in [0.1, 0.15) is 0 Å². The lowest BCUT2D eigenvalue weighted by molar-refractivity contribution is 0.602. The van der Waals surface area contributed by atoms with Crippen LogP contribution in [-0.4, -0.2) is 24.5 Å². The highest BCUT2D eigenvalue weighted by Gasteiger charge is 2.05. The predicted octanol–water partition coefficient (Wildman–Crippen LogP) is 1.33. The van der Waals surface area contributed by atoms with E-state index >= 15 is 0 Å². The maximum absolute atomic E-state index is 11.2. The summed E-state index contributed by atoms with van der Waals surface area (Å²) in [4.78, 5) is 0.344. The molecule has 0 radical (unpaired) electrons. The third-order valence-electron chi connectivity index (χ3n) is 2.26. The number of aromatic nitrogens is 2. The van der Waals surface area contributed by atoms with Gasteiger partial charge in [-0.1, -0.05) is 12.1 Å². The van der Waals surface area contributed by atoms with Crippen LogP contribution in [0.2, 0.25) is 0 Å². The molecule has 84 valence electrons. The molecule has 1 aromatic carbocycles. The van der Waals surface area contributed by atoms with Gasteiger partial charge >= 0.3 is 0 Å². The predicted molar refractivity (Wildman–Crippen MR) is 60.9 cm³/mol. The standard InChI is InChI=1S/C11H12N2O2S/c1-16(14,15)11-5-3-10(4-6-11)9-13-8-2-7-12-13/h2-8H,9H2,1H3. The van der Waals surface area contributed by atoms with E-state index in [-0.39, 0.29) is 0 Å². The molecule has 0 aliphatic rings. The third kappa shape index (κ3) is 2.49. The summed E-state index contributed by atoms with van der Waals surface area (Å²) in [7, 11) is -3.10. The topological polar surface area (TPSA) is 52.0 Å².